The predicted molar refractivity (Wildman–Crippen MR) is 81.8 cm³/mol. The topological polar surface area (TPSA) is 34.1 Å². The van der Waals surface area contributed by atoms with E-state index < -0.39 is 0 Å². The molecule has 3 rings (SSSR count). The molecule has 1 aromatic heterocycles. The van der Waals surface area contributed by atoms with Crippen molar-refractivity contribution in [3.05, 3.63) is 42.1 Å². The van der Waals surface area contributed by atoms with Gasteiger partial charge in [-0.3, -0.25) is 4.98 Å². The molecule has 3 heteroatoms. The van der Waals surface area contributed by atoms with E-state index in [1.165, 1.54) is 10.9 Å². The number of hydrogen-bond donors (Lipinski definition) is 1. The molecule has 3 nitrogen and oxygen atoms in total. The number of nitrogens with one attached hydrogen (secondary N) is 1. The number of benzene rings is 1. The van der Waals surface area contributed by atoms with Gasteiger partial charge in [0.2, 0.25) is 0 Å². The number of para-hydroxylation sites is 1. The van der Waals surface area contributed by atoms with Crippen molar-refractivity contribution in [2.24, 2.45) is 5.92 Å². The number of pyridine rings is 1. The van der Waals surface area contributed by atoms with Crippen molar-refractivity contribution in [1.29, 1.82) is 0 Å². The molecule has 2 atom stereocenters. The SMILES string of the molecule is CC(C)N[C@H]1COC[C@H]1Cc1ccnc2ccccc12. The monoisotopic (exact) mass is 270 g/mol. The van der Waals surface area contributed by atoms with Gasteiger partial charge in [-0.15, -0.1) is 0 Å². The summed E-state index contributed by atoms with van der Waals surface area (Å²) in [6, 6.07) is 11.5. The van der Waals surface area contributed by atoms with Gasteiger partial charge < -0.3 is 10.1 Å². The summed E-state index contributed by atoms with van der Waals surface area (Å²) in [6.07, 6.45) is 2.96. The van der Waals surface area contributed by atoms with Crippen LogP contribution in [-0.4, -0.2) is 30.3 Å². The summed E-state index contributed by atoms with van der Waals surface area (Å²) in [5.74, 6) is 0.545. The summed E-state index contributed by atoms with van der Waals surface area (Å²) in [6.45, 7) is 6.06. The third-order valence-corrected chi connectivity index (χ3v) is 3.97. The Bertz CT molecular complexity index is 577. The first-order chi connectivity index (χ1) is 9.74. The highest BCUT2D eigenvalue weighted by molar-refractivity contribution is 5.81. The van der Waals surface area contributed by atoms with Gasteiger partial charge in [-0.25, -0.2) is 0 Å². The first kappa shape index (κ1) is 13.5. The smallest absolute Gasteiger partial charge is 0.0704 e. The maximum Gasteiger partial charge on any atom is 0.0704 e. The molecule has 0 spiro atoms. The third-order valence-electron chi connectivity index (χ3n) is 3.97. The van der Waals surface area contributed by atoms with Gasteiger partial charge in [0.15, 0.2) is 0 Å². The molecule has 1 N–H and O–H groups in total. The van der Waals surface area contributed by atoms with Crippen molar-refractivity contribution in [2.45, 2.75) is 32.4 Å². The van der Waals surface area contributed by atoms with Crippen molar-refractivity contribution >= 4 is 10.9 Å². The van der Waals surface area contributed by atoms with Crippen molar-refractivity contribution in [1.82, 2.24) is 10.3 Å². The lowest BCUT2D eigenvalue weighted by molar-refractivity contribution is 0.182. The van der Waals surface area contributed by atoms with E-state index >= 15 is 0 Å². The molecule has 0 amide bonds. The lowest BCUT2D eigenvalue weighted by Gasteiger charge is -2.22. The van der Waals surface area contributed by atoms with E-state index in [1.807, 2.05) is 12.3 Å². The minimum Gasteiger partial charge on any atom is -0.379 e. The van der Waals surface area contributed by atoms with Gasteiger partial charge in [-0.05, 0) is 24.1 Å². The molecule has 2 aromatic rings. The van der Waals surface area contributed by atoms with Gasteiger partial charge in [-0.1, -0.05) is 32.0 Å². The van der Waals surface area contributed by atoms with Crippen molar-refractivity contribution < 1.29 is 4.74 Å². The van der Waals surface area contributed by atoms with Crippen LogP contribution < -0.4 is 5.32 Å². The molecule has 0 aliphatic carbocycles. The highest BCUT2D eigenvalue weighted by atomic mass is 16.5. The molecule has 1 aliphatic heterocycles. The molecule has 0 bridgehead atoms. The van der Waals surface area contributed by atoms with E-state index in [1.54, 1.807) is 0 Å². The van der Waals surface area contributed by atoms with Gasteiger partial charge in [0, 0.05) is 29.6 Å². The summed E-state index contributed by atoms with van der Waals surface area (Å²) in [5.41, 5.74) is 2.46. The van der Waals surface area contributed by atoms with Crippen LogP contribution in [-0.2, 0) is 11.2 Å². The maximum absolute atomic E-state index is 5.68. The second kappa shape index (κ2) is 5.90. The summed E-state index contributed by atoms with van der Waals surface area (Å²) < 4.78 is 5.68. The molecular formula is C17H22N2O. The van der Waals surface area contributed by atoms with Crippen molar-refractivity contribution in [2.75, 3.05) is 13.2 Å². The third kappa shape index (κ3) is 2.84. The van der Waals surface area contributed by atoms with E-state index in [2.05, 4.69) is 48.4 Å². The molecule has 0 unspecified atom stereocenters. The quantitative estimate of drug-likeness (QED) is 0.927. The van der Waals surface area contributed by atoms with Gasteiger partial charge in [-0.2, -0.15) is 0 Å². The van der Waals surface area contributed by atoms with Crippen LogP contribution in [0, 0.1) is 5.92 Å². The van der Waals surface area contributed by atoms with Crippen molar-refractivity contribution in [3.8, 4) is 0 Å². The average Bonchev–Trinajstić information content (AvgIpc) is 2.86. The molecular weight excluding hydrogens is 248 g/mol. The van der Waals surface area contributed by atoms with Crippen LogP contribution in [0.1, 0.15) is 19.4 Å². The molecule has 106 valence electrons. The largest absolute Gasteiger partial charge is 0.379 e. The Morgan fingerprint density at radius 2 is 2.10 bits per heavy atom. The Morgan fingerprint density at radius 3 is 2.95 bits per heavy atom. The minimum absolute atomic E-state index is 0.460. The van der Waals surface area contributed by atoms with Gasteiger partial charge >= 0.3 is 0 Å². The maximum atomic E-state index is 5.68. The zero-order chi connectivity index (χ0) is 13.9. The van der Waals surface area contributed by atoms with E-state index in [0.717, 1.165) is 25.2 Å². The lowest BCUT2D eigenvalue weighted by atomic mass is 9.93. The highest BCUT2D eigenvalue weighted by Crippen LogP contribution is 2.24. The Kier molecular flexibility index (Phi) is 3.99. The summed E-state index contributed by atoms with van der Waals surface area (Å²) in [7, 11) is 0. The number of ether oxygens (including phenoxy) is 1. The van der Waals surface area contributed by atoms with Crippen LogP contribution in [0.15, 0.2) is 36.5 Å². The standard InChI is InChI=1S/C17H22N2O/c1-12(2)19-17-11-20-10-14(17)9-13-7-8-18-16-6-4-3-5-15(13)16/h3-8,12,14,17,19H,9-11H2,1-2H3/t14-,17+/m1/s1. The summed E-state index contributed by atoms with van der Waals surface area (Å²) in [5, 5.41) is 4.89. The van der Waals surface area contributed by atoms with E-state index in [9.17, 15) is 0 Å². The Balaban J connectivity index is 1.82. The minimum atomic E-state index is 0.460. The molecule has 1 aliphatic rings. The molecule has 1 saturated heterocycles. The molecule has 20 heavy (non-hydrogen) atoms. The van der Waals surface area contributed by atoms with Gasteiger partial charge in [0.1, 0.15) is 0 Å². The predicted octanol–water partition coefficient (Wildman–Crippen LogP) is 2.79. The Morgan fingerprint density at radius 1 is 1.25 bits per heavy atom. The zero-order valence-corrected chi connectivity index (χ0v) is 12.2. The Hall–Kier alpha value is -1.45. The molecule has 0 saturated carbocycles. The molecule has 2 heterocycles. The second-order valence-corrected chi connectivity index (χ2v) is 5.92. The van der Waals surface area contributed by atoms with Crippen LogP contribution >= 0.6 is 0 Å². The number of fused-ring (bicyclic) bond motifs is 1. The van der Waals surface area contributed by atoms with Crippen LogP contribution in [0.25, 0.3) is 10.9 Å². The molecule has 0 radical (unpaired) electrons. The summed E-state index contributed by atoms with van der Waals surface area (Å²) >= 11 is 0. The fourth-order valence-electron chi connectivity index (χ4n) is 3.03. The fourth-order valence-corrected chi connectivity index (χ4v) is 3.03. The van der Waals surface area contributed by atoms with Crippen LogP contribution in [0.3, 0.4) is 0 Å². The number of rotatable bonds is 4. The molecule has 1 aromatic carbocycles. The van der Waals surface area contributed by atoms with E-state index in [-0.39, 0.29) is 0 Å². The first-order valence-corrected chi connectivity index (χ1v) is 7.40. The fraction of sp³-hybridized carbons (Fsp3) is 0.471. The number of hydrogen-bond acceptors (Lipinski definition) is 3. The lowest BCUT2D eigenvalue weighted by Crippen LogP contribution is -2.40. The first-order valence-electron chi connectivity index (χ1n) is 7.40. The average molecular weight is 270 g/mol. The van der Waals surface area contributed by atoms with Crippen molar-refractivity contribution in [3.63, 3.8) is 0 Å². The summed E-state index contributed by atoms with van der Waals surface area (Å²) in [4.78, 5) is 4.44. The van der Waals surface area contributed by atoms with Crippen LogP contribution in [0.4, 0.5) is 0 Å². The molecule has 1 fully saturated rings. The van der Waals surface area contributed by atoms with E-state index in [4.69, 9.17) is 4.74 Å². The number of nitrogens with zero attached hydrogens (tertiary/aromatic N) is 1. The van der Waals surface area contributed by atoms with Crippen LogP contribution in [0.5, 0.6) is 0 Å². The van der Waals surface area contributed by atoms with Gasteiger partial charge in [0.05, 0.1) is 18.7 Å². The normalized spacial score (nSPS) is 22.8. The highest BCUT2D eigenvalue weighted by Gasteiger charge is 2.28. The van der Waals surface area contributed by atoms with E-state index in [0.29, 0.717) is 18.0 Å². The second-order valence-electron chi connectivity index (χ2n) is 5.92. The Labute approximate surface area is 120 Å². The van der Waals surface area contributed by atoms with Gasteiger partial charge in [0.25, 0.3) is 0 Å². The van der Waals surface area contributed by atoms with Crippen LogP contribution in [0.2, 0.25) is 0 Å². The number of aromatic nitrogens is 1. The zero-order valence-electron chi connectivity index (χ0n) is 12.2.